The van der Waals surface area contributed by atoms with Crippen molar-refractivity contribution in [3.8, 4) is 17.1 Å². The standard InChI is InChI=1S/C22H20Cl2N8O/c1-30-9-10-31-18(12-30)27-28-22(31)13-5-7-14(8-6-13)26-17-11-32(29-19(17)21(25)33)20-15(23)3-2-4-16(20)24/h2-8,11,26H,9-10,12H2,1H3,(H2,25,33). The summed E-state index contributed by atoms with van der Waals surface area (Å²) >= 11 is 12.6. The quantitative estimate of drug-likeness (QED) is 0.448. The van der Waals surface area contributed by atoms with Gasteiger partial charge in [0.1, 0.15) is 11.5 Å². The maximum absolute atomic E-state index is 12.0. The number of hydrogen-bond donors (Lipinski definition) is 2. The summed E-state index contributed by atoms with van der Waals surface area (Å²) in [6.45, 7) is 2.58. The van der Waals surface area contributed by atoms with Crippen molar-refractivity contribution < 1.29 is 4.79 Å². The van der Waals surface area contributed by atoms with E-state index in [-0.39, 0.29) is 5.69 Å². The van der Waals surface area contributed by atoms with Gasteiger partial charge in [-0.3, -0.25) is 9.69 Å². The van der Waals surface area contributed by atoms with Gasteiger partial charge in [0.25, 0.3) is 5.91 Å². The largest absolute Gasteiger partial charge is 0.364 e. The molecule has 0 aliphatic carbocycles. The van der Waals surface area contributed by atoms with Gasteiger partial charge in [-0.2, -0.15) is 5.10 Å². The van der Waals surface area contributed by atoms with Crippen LogP contribution in [-0.4, -0.2) is 48.9 Å². The van der Waals surface area contributed by atoms with E-state index in [1.54, 1.807) is 24.4 Å². The van der Waals surface area contributed by atoms with E-state index in [0.717, 1.165) is 42.5 Å². The number of primary amides is 1. The van der Waals surface area contributed by atoms with Gasteiger partial charge in [-0.05, 0) is 43.4 Å². The summed E-state index contributed by atoms with van der Waals surface area (Å²) in [6, 6.07) is 12.8. The lowest BCUT2D eigenvalue weighted by Crippen LogP contribution is -2.30. The fourth-order valence-corrected chi connectivity index (χ4v) is 4.39. The van der Waals surface area contributed by atoms with Gasteiger partial charge in [0.05, 0.1) is 28.5 Å². The number of aromatic nitrogens is 5. The molecule has 0 saturated heterocycles. The Morgan fingerprint density at radius 3 is 2.48 bits per heavy atom. The number of benzene rings is 2. The van der Waals surface area contributed by atoms with Crippen LogP contribution < -0.4 is 11.1 Å². The first-order valence-electron chi connectivity index (χ1n) is 10.2. The molecule has 2 aromatic carbocycles. The molecular formula is C22H20Cl2N8O. The predicted octanol–water partition coefficient (Wildman–Crippen LogP) is 3.73. The molecule has 1 aliphatic heterocycles. The molecular weight excluding hydrogens is 463 g/mol. The number of nitrogens with two attached hydrogens (primary N) is 1. The third-order valence-electron chi connectivity index (χ3n) is 5.48. The predicted molar refractivity (Wildman–Crippen MR) is 127 cm³/mol. The summed E-state index contributed by atoms with van der Waals surface area (Å²) in [5.41, 5.74) is 8.25. The van der Waals surface area contributed by atoms with Crippen molar-refractivity contribution in [1.82, 2.24) is 29.4 Å². The molecule has 5 rings (SSSR count). The van der Waals surface area contributed by atoms with Crippen molar-refractivity contribution >= 4 is 40.5 Å². The zero-order valence-corrected chi connectivity index (χ0v) is 19.2. The van der Waals surface area contributed by atoms with Crippen LogP contribution in [0.1, 0.15) is 16.3 Å². The average molecular weight is 483 g/mol. The summed E-state index contributed by atoms with van der Waals surface area (Å²) < 4.78 is 3.59. The van der Waals surface area contributed by atoms with Crippen LogP contribution in [0.15, 0.2) is 48.7 Å². The Bertz CT molecular complexity index is 1320. The number of para-hydroxylation sites is 1. The highest BCUT2D eigenvalue weighted by molar-refractivity contribution is 6.37. The lowest BCUT2D eigenvalue weighted by atomic mass is 10.2. The Morgan fingerprint density at radius 2 is 1.79 bits per heavy atom. The molecule has 0 saturated carbocycles. The van der Waals surface area contributed by atoms with Crippen molar-refractivity contribution in [2.45, 2.75) is 13.1 Å². The Balaban J connectivity index is 1.43. The molecule has 0 atom stereocenters. The minimum absolute atomic E-state index is 0.0747. The van der Waals surface area contributed by atoms with Crippen LogP contribution in [0.25, 0.3) is 17.1 Å². The highest BCUT2D eigenvalue weighted by atomic mass is 35.5. The molecule has 2 aromatic heterocycles. The molecule has 0 fully saturated rings. The first-order chi connectivity index (χ1) is 15.9. The van der Waals surface area contributed by atoms with Gasteiger partial charge in [0.15, 0.2) is 11.5 Å². The van der Waals surface area contributed by atoms with Gasteiger partial charge in [-0.25, -0.2) is 4.68 Å². The zero-order chi connectivity index (χ0) is 23.1. The van der Waals surface area contributed by atoms with E-state index in [1.807, 2.05) is 24.3 Å². The normalized spacial score (nSPS) is 13.7. The summed E-state index contributed by atoms with van der Waals surface area (Å²) in [5, 5.41) is 17.0. The van der Waals surface area contributed by atoms with Crippen molar-refractivity contribution in [3.05, 3.63) is 70.2 Å². The average Bonchev–Trinajstić information content (AvgIpc) is 3.38. The van der Waals surface area contributed by atoms with Gasteiger partial charge in [0.2, 0.25) is 0 Å². The van der Waals surface area contributed by atoms with Gasteiger partial charge < -0.3 is 15.6 Å². The monoisotopic (exact) mass is 482 g/mol. The minimum Gasteiger partial charge on any atom is -0.364 e. The maximum atomic E-state index is 12.0. The molecule has 1 amide bonds. The van der Waals surface area contributed by atoms with Gasteiger partial charge in [0, 0.05) is 24.3 Å². The molecule has 4 aromatic rings. The third-order valence-corrected chi connectivity index (χ3v) is 6.09. The van der Waals surface area contributed by atoms with Crippen LogP contribution in [0.3, 0.4) is 0 Å². The molecule has 0 radical (unpaired) electrons. The van der Waals surface area contributed by atoms with Crippen molar-refractivity contribution in [1.29, 1.82) is 0 Å². The first kappa shape index (κ1) is 21.4. The summed E-state index contributed by atoms with van der Waals surface area (Å²) in [7, 11) is 2.07. The van der Waals surface area contributed by atoms with Crippen molar-refractivity contribution in [2.75, 3.05) is 18.9 Å². The van der Waals surface area contributed by atoms with Crippen LogP contribution in [0.2, 0.25) is 10.0 Å². The lowest BCUT2D eigenvalue weighted by Gasteiger charge is -2.23. The smallest absolute Gasteiger partial charge is 0.271 e. The number of hydrogen-bond acceptors (Lipinski definition) is 6. The Labute approximate surface area is 199 Å². The number of amides is 1. The second-order valence-corrected chi connectivity index (χ2v) is 8.62. The van der Waals surface area contributed by atoms with E-state index in [4.69, 9.17) is 28.9 Å². The van der Waals surface area contributed by atoms with E-state index in [9.17, 15) is 4.79 Å². The molecule has 9 nitrogen and oxygen atoms in total. The molecule has 3 N–H and O–H groups in total. The molecule has 0 unspecified atom stereocenters. The van der Waals surface area contributed by atoms with E-state index < -0.39 is 5.91 Å². The summed E-state index contributed by atoms with van der Waals surface area (Å²) in [4.78, 5) is 14.2. The SMILES string of the molecule is CN1CCn2c(nnc2-c2ccc(Nc3cn(-c4c(Cl)cccc4Cl)nc3C(N)=O)cc2)C1. The molecule has 11 heteroatoms. The number of anilines is 2. The van der Waals surface area contributed by atoms with Gasteiger partial charge in [-0.1, -0.05) is 29.3 Å². The molecule has 33 heavy (non-hydrogen) atoms. The van der Waals surface area contributed by atoms with Gasteiger partial charge in [-0.15, -0.1) is 10.2 Å². The second-order valence-electron chi connectivity index (χ2n) is 7.80. The molecule has 0 bridgehead atoms. The minimum atomic E-state index is -0.670. The number of nitrogens with zero attached hydrogens (tertiary/aromatic N) is 6. The lowest BCUT2D eigenvalue weighted by molar-refractivity contribution is 0.0996. The number of likely N-dealkylation sites (N-methyl/N-ethyl adjacent to an activating group) is 1. The highest BCUT2D eigenvalue weighted by Crippen LogP contribution is 2.31. The highest BCUT2D eigenvalue weighted by Gasteiger charge is 2.20. The van der Waals surface area contributed by atoms with Crippen LogP contribution in [-0.2, 0) is 13.1 Å². The van der Waals surface area contributed by atoms with Crippen LogP contribution in [0.5, 0.6) is 0 Å². The maximum Gasteiger partial charge on any atom is 0.271 e. The summed E-state index contributed by atoms with van der Waals surface area (Å²) in [5.74, 6) is 1.12. The fraction of sp³-hybridized carbons (Fsp3) is 0.182. The molecule has 0 spiro atoms. The number of carbonyl (C=O) groups excluding carboxylic acids is 1. The van der Waals surface area contributed by atoms with Crippen molar-refractivity contribution in [2.24, 2.45) is 5.73 Å². The van der Waals surface area contributed by atoms with Crippen molar-refractivity contribution in [3.63, 3.8) is 0 Å². The summed E-state index contributed by atoms with van der Waals surface area (Å²) in [6.07, 6.45) is 1.63. The number of rotatable bonds is 5. The third kappa shape index (κ3) is 4.06. The first-order valence-corrected chi connectivity index (χ1v) is 11.0. The topological polar surface area (TPSA) is 107 Å². The molecule has 168 valence electrons. The van der Waals surface area contributed by atoms with Gasteiger partial charge >= 0.3 is 0 Å². The number of fused-ring (bicyclic) bond motifs is 1. The van der Waals surface area contributed by atoms with Crippen LogP contribution in [0, 0.1) is 0 Å². The number of carbonyl (C=O) groups is 1. The van der Waals surface area contributed by atoms with Crippen LogP contribution >= 0.6 is 23.2 Å². The van der Waals surface area contributed by atoms with E-state index in [0.29, 0.717) is 21.4 Å². The Kier molecular flexibility index (Phi) is 5.53. The number of halogens is 2. The van der Waals surface area contributed by atoms with E-state index in [1.165, 1.54) is 4.68 Å². The molecule has 3 heterocycles. The Morgan fingerprint density at radius 1 is 1.06 bits per heavy atom. The van der Waals surface area contributed by atoms with E-state index >= 15 is 0 Å². The van der Waals surface area contributed by atoms with E-state index in [2.05, 4.69) is 37.1 Å². The zero-order valence-electron chi connectivity index (χ0n) is 17.7. The van der Waals surface area contributed by atoms with Crippen LogP contribution in [0.4, 0.5) is 11.4 Å². The molecule has 1 aliphatic rings. The Hall–Kier alpha value is -3.40. The fourth-order valence-electron chi connectivity index (χ4n) is 3.82. The number of nitrogens with one attached hydrogen (secondary N) is 1. The second kappa shape index (κ2) is 8.51.